The third kappa shape index (κ3) is 5.01. The summed E-state index contributed by atoms with van der Waals surface area (Å²) in [5.74, 6) is 0.506. The molecule has 224 valence electrons. The molecule has 0 saturated carbocycles. The summed E-state index contributed by atoms with van der Waals surface area (Å²) in [5, 5.41) is -0.744. The Morgan fingerprint density at radius 1 is 0.375 bits per heavy atom. The molecule has 1 aromatic heterocycles. The first-order valence-corrected chi connectivity index (χ1v) is 15.4. The molecule has 8 aromatic carbocycles. The predicted octanol–water partition coefficient (Wildman–Crippen LogP) is 12.3. The zero-order chi connectivity index (χ0) is 41.4. The third-order valence-electron chi connectivity index (χ3n) is 8.45. The van der Waals surface area contributed by atoms with E-state index in [0.29, 0.717) is 28.3 Å². The van der Waals surface area contributed by atoms with Crippen LogP contribution in [0.1, 0.15) is 15.1 Å². The van der Waals surface area contributed by atoms with Gasteiger partial charge in [-0.1, -0.05) is 170 Å². The second-order valence-corrected chi connectivity index (χ2v) is 11.3. The van der Waals surface area contributed by atoms with E-state index in [1.165, 1.54) is 0 Å². The molecule has 0 radical (unpaired) electrons. The van der Waals surface area contributed by atoms with Crippen molar-refractivity contribution in [2.24, 2.45) is 0 Å². The molecule has 0 aliphatic carbocycles. The number of hydrogen-bond donors (Lipinski definition) is 0. The fourth-order valence-corrected chi connectivity index (χ4v) is 6.08. The van der Waals surface area contributed by atoms with Gasteiger partial charge >= 0.3 is 0 Å². The average molecular weight is 622 g/mol. The second-order valence-electron chi connectivity index (χ2n) is 11.3. The Balaban J connectivity index is 1.29. The minimum Gasteiger partial charge on any atom is -0.228 e. The maximum atomic E-state index is 9.36. The van der Waals surface area contributed by atoms with Crippen molar-refractivity contribution in [3.05, 3.63) is 182 Å². The summed E-state index contributed by atoms with van der Waals surface area (Å²) >= 11 is 0. The quantitative estimate of drug-likeness (QED) is 0.141. The van der Waals surface area contributed by atoms with Gasteiger partial charge in [0.2, 0.25) is 0 Å². The molecule has 2 nitrogen and oxygen atoms in total. The van der Waals surface area contributed by atoms with Crippen molar-refractivity contribution < 1.29 is 15.1 Å². The normalized spacial score (nSPS) is 14.5. The van der Waals surface area contributed by atoms with Gasteiger partial charge in [-0.15, -0.1) is 0 Å². The smallest absolute Gasteiger partial charge is 0.160 e. The van der Waals surface area contributed by atoms with E-state index in [-0.39, 0.29) is 37.9 Å². The highest BCUT2D eigenvalue weighted by molar-refractivity contribution is 6.20. The van der Waals surface area contributed by atoms with Gasteiger partial charge in [-0.05, 0) is 66.7 Å². The Morgan fingerprint density at radius 2 is 0.896 bits per heavy atom. The molecular formula is C46H30N2. The van der Waals surface area contributed by atoms with Crippen LogP contribution >= 0.6 is 0 Å². The lowest BCUT2D eigenvalue weighted by atomic mass is 9.89. The Morgan fingerprint density at radius 3 is 1.56 bits per heavy atom. The average Bonchev–Trinajstić information content (AvgIpc) is 3.27. The van der Waals surface area contributed by atoms with Gasteiger partial charge in [-0.25, -0.2) is 9.97 Å². The summed E-state index contributed by atoms with van der Waals surface area (Å²) in [4.78, 5) is 9.91. The highest BCUT2D eigenvalue weighted by atomic mass is 14.9. The van der Waals surface area contributed by atoms with Crippen molar-refractivity contribution in [2.75, 3.05) is 0 Å². The van der Waals surface area contributed by atoms with Crippen molar-refractivity contribution in [1.82, 2.24) is 9.97 Å². The summed E-state index contributed by atoms with van der Waals surface area (Å²) in [6.45, 7) is 0. The topological polar surface area (TPSA) is 25.8 Å². The van der Waals surface area contributed by atoms with Crippen LogP contribution in [-0.4, -0.2) is 9.97 Å². The first kappa shape index (κ1) is 18.7. The fourth-order valence-electron chi connectivity index (χ4n) is 6.08. The molecule has 9 rings (SSSR count). The third-order valence-corrected chi connectivity index (χ3v) is 8.45. The molecule has 0 bridgehead atoms. The zero-order valence-corrected chi connectivity index (χ0v) is 25.4. The van der Waals surface area contributed by atoms with Gasteiger partial charge in [-0.2, -0.15) is 0 Å². The van der Waals surface area contributed by atoms with E-state index in [2.05, 4.69) is 12.1 Å². The molecule has 0 amide bonds. The minimum absolute atomic E-state index is 0.0301. The van der Waals surface area contributed by atoms with E-state index < -0.39 is 66.5 Å². The number of benzene rings is 8. The van der Waals surface area contributed by atoms with E-state index in [1.807, 2.05) is 78.9 Å². The Kier molecular flexibility index (Phi) is 4.58. The molecule has 0 fully saturated rings. The summed E-state index contributed by atoms with van der Waals surface area (Å²) in [6.07, 6.45) is 0. The molecule has 2 heteroatoms. The van der Waals surface area contributed by atoms with E-state index in [1.54, 1.807) is 24.3 Å². The van der Waals surface area contributed by atoms with Gasteiger partial charge in [0.25, 0.3) is 0 Å². The van der Waals surface area contributed by atoms with Crippen LogP contribution in [0.25, 0.3) is 88.5 Å². The SMILES string of the molecule is [2H]c1c([2H])c([2H])c2c([2H])c3c(c([2H])c([2H])c4c([2H])c([2H])c([2H])c([2H])c43)c(-c3ccc(-c4cc(-c5ccc(-c6ccccc6)cc5)nc(-c5ccccc5)n4)cc3)c2c1[2H]. The molecule has 0 aliphatic rings. The Labute approximate surface area is 295 Å². The van der Waals surface area contributed by atoms with Crippen molar-refractivity contribution in [2.45, 2.75) is 0 Å². The van der Waals surface area contributed by atoms with Gasteiger partial charge < -0.3 is 0 Å². The number of nitrogens with zero attached hydrogens (tertiary/aromatic N) is 2. The Bertz CT molecular complexity index is 3190. The van der Waals surface area contributed by atoms with Crippen LogP contribution in [0.2, 0.25) is 0 Å². The Hall–Kier alpha value is -6.38. The van der Waals surface area contributed by atoms with E-state index in [4.69, 9.17) is 22.3 Å². The van der Waals surface area contributed by atoms with Gasteiger partial charge in [0.15, 0.2) is 5.82 Å². The van der Waals surface area contributed by atoms with E-state index in [9.17, 15) is 2.74 Å². The van der Waals surface area contributed by atoms with Gasteiger partial charge in [0.05, 0.1) is 26.5 Å². The number of hydrogen-bond acceptors (Lipinski definition) is 2. The summed E-state index contributed by atoms with van der Waals surface area (Å²) < 4.78 is 96.9. The number of fused-ring (bicyclic) bond motifs is 4. The standard InChI is InChI=1S/C46H30N2/c1-3-11-31(12-4-1)32-19-21-34(22-20-32)43-30-44(48-46(47-43)37-14-5-2-6-15-37)35-23-25-36(26-24-35)45-40-18-10-8-16-38(40)29-42-39-17-9-7-13-33(39)27-28-41(42)45/h1-30H/i7D,8D,9D,10D,13D,16D,17D,18D,27D,28D,29D. The molecule has 0 N–H and O–H groups in total. The van der Waals surface area contributed by atoms with E-state index in [0.717, 1.165) is 22.3 Å². The first-order valence-electron chi connectivity index (χ1n) is 20.9. The molecule has 48 heavy (non-hydrogen) atoms. The molecule has 0 aliphatic heterocycles. The van der Waals surface area contributed by atoms with Crippen LogP contribution in [0.15, 0.2) is 182 Å². The van der Waals surface area contributed by atoms with Crippen LogP contribution in [-0.2, 0) is 0 Å². The van der Waals surface area contributed by atoms with Gasteiger partial charge in [0, 0.05) is 16.7 Å². The van der Waals surface area contributed by atoms with Crippen LogP contribution in [0, 0.1) is 0 Å². The lowest BCUT2D eigenvalue weighted by molar-refractivity contribution is 1.18. The van der Waals surface area contributed by atoms with Crippen molar-refractivity contribution in [3.63, 3.8) is 0 Å². The van der Waals surface area contributed by atoms with Crippen LogP contribution in [0.5, 0.6) is 0 Å². The van der Waals surface area contributed by atoms with Crippen LogP contribution < -0.4 is 0 Å². The largest absolute Gasteiger partial charge is 0.228 e. The minimum atomic E-state index is -0.590. The first-order chi connectivity index (χ1) is 28.4. The molecule has 0 saturated heterocycles. The summed E-state index contributed by atoms with van der Waals surface area (Å²) in [7, 11) is 0. The van der Waals surface area contributed by atoms with Gasteiger partial charge in [0.1, 0.15) is 0 Å². The fraction of sp³-hybridized carbons (Fsp3) is 0. The van der Waals surface area contributed by atoms with Crippen molar-refractivity contribution in [3.8, 4) is 56.2 Å². The van der Waals surface area contributed by atoms with Crippen LogP contribution in [0.3, 0.4) is 0 Å². The molecule has 1 heterocycles. The maximum Gasteiger partial charge on any atom is 0.160 e. The summed E-state index contributed by atoms with van der Waals surface area (Å²) in [6, 6.07) is 31.1. The van der Waals surface area contributed by atoms with E-state index >= 15 is 0 Å². The molecular weight excluding hydrogens is 581 g/mol. The van der Waals surface area contributed by atoms with Crippen molar-refractivity contribution >= 4 is 32.3 Å². The highest BCUT2D eigenvalue weighted by Crippen LogP contribution is 2.40. The number of aromatic nitrogens is 2. The predicted molar refractivity (Wildman–Crippen MR) is 202 cm³/mol. The zero-order valence-electron chi connectivity index (χ0n) is 36.4. The van der Waals surface area contributed by atoms with Gasteiger partial charge in [-0.3, -0.25) is 0 Å². The summed E-state index contributed by atoms with van der Waals surface area (Å²) in [5.41, 5.74) is 6.37. The monoisotopic (exact) mass is 621 g/mol. The van der Waals surface area contributed by atoms with Crippen LogP contribution in [0.4, 0.5) is 0 Å². The maximum absolute atomic E-state index is 9.36. The molecule has 0 unspecified atom stereocenters. The number of rotatable bonds is 5. The highest BCUT2D eigenvalue weighted by Gasteiger charge is 2.14. The second kappa shape index (κ2) is 11.8. The lowest BCUT2D eigenvalue weighted by Crippen LogP contribution is -1.96. The molecule has 9 aromatic rings. The molecule has 0 atom stereocenters. The lowest BCUT2D eigenvalue weighted by Gasteiger charge is -2.15. The van der Waals surface area contributed by atoms with Crippen molar-refractivity contribution in [1.29, 1.82) is 0 Å². The molecule has 0 spiro atoms.